The molecular weight excluding hydrogens is 392 g/mol. The lowest BCUT2D eigenvalue weighted by Gasteiger charge is -2.25. The Kier molecular flexibility index (Phi) is 5.40. The zero-order valence-corrected chi connectivity index (χ0v) is 17.7. The number of fused-ring (bicyclic) bond motifs is 1. The topological polar surface area (TPSA) is 92.8 Å². The number of methoxy groups -OCH3 is 1. The highest BCUT2D eigenvalue weighted by molar-refractivity contribution is 7.93. The summed E-state index contributed by atoms with van der Waals surface area (Å²) in [6.07, 6.45) is 0.753. The van der Waals surface area contributed by atoms with Gasteiger partial charge in [0.2, 0.25) is 5.91 Å². The van der Waals surface area contributed by atoms with E-state index in [-0.39, 0.29) is 28.5 Å². The van der Waals surface area contributed by atoms with E-state index < -0.39 is 21.5 Å². The fourth-order valence-electron chi connectivity index (χ4n) is 3.08. The average Bonchev–Trinajstić information content (AvgIpc) is 3.03. The first-order valence-electron chi connectivity index (χ1n) is 9.27. The molecule has 0 aliphatic carbocycles. The number of rotatable bonds is 6. The van der Waals surface area contributed by atoms with Crippen molar-refractivity contribution in [1.29, 1.82) is 0 Å². The molecule has 0 atom stereocenters. The molecule has 29 heavy (non-hydrogen) atoms. The Labute approximate surface area is 170 Å². The Balaban J connectivity index is 2.01. The maximum absolute atomic E-state index is 13.3. The molecule has 8 heteroatoms. The summed E-state index contributed by atoms with van der Waals surface area (Å²) in [5.41, 5.74) is 0.861. The van der Waals surface area contributed by atoms with Gasteiger partial charge in [-0.05, 0) is 50.1 Å². The standard InChI is InChI=1S/C21H24N2O5S/c1-5-21(2,3)22-20(25)15-10-11-18(17(12-15)28-4)29(26,27)23-16-9-7-6-8-14(16)13-19(23)24/h6-12H,5,13H2,1-4H3,(H,22,25). The zero-order chi connectivity index (χ0) is 21.4. The van der Waals surface area contributed by atoms with E-state index in [0.717, 1.165) is 10.7 Å². The first kappa shape index (κ1) is 20.9. The first-order chi connectivity index (χ1) is 13.6. The van der Waals surface area contributed by atoms with Gasteiger partial charge in [-0.3, -0.25) is 9.59 Å². The number of carbonyl (C=O) groups excluding carboxylic acids is 2. The molecule has 0 saturated carbocycles. The quantitative estimate of drug-likeness (QED) is 0.782. The highest BCUT2D eigenvalue weighted by Crippen LogP contribution is 2.36. The van der Waals surface area contributed by atoms with Crippen LogP contribution in [0, 0.1) is 0 Å². The van der Waals surface area contributed by atoms with E-state index in [1.165, 1.54) is 25.3 Å². The number of sulfonamides is 1. The molecule has 0 unspecified atom stereocenters. The van der Waals surface area contributed by atoms with Crippen LogP contribution >= 0.6 is 0 Å². The van der Waals surface area contributed by atoms with Gasteiger partial charge in [-0.1, -0.05) is 25.1 Å². The molecule has 0 radical (unpaired) electrons. The SMILES string of the molecule is CCC(C)(C)NC(=O)c1ccc(S(=O)(=O)N2C(=O)Cc3ccccc32)c(OC)c1. The van der Waals surface area contributed by atoms with E-state index in [2.05, 4.69) is 5.32 Å². The molecule has 1 aliphatic heterocycles. The lowest BCUT2D eigenvalue weighted by Crippen LogP contribution is -2.42. The molecule has 0 bridgehead atoms. The summed E-state index contributed by atoms with van der Waals surface area (Å²) in [5.74, 6) is -0.856. The Bertz CT molecular complexity index is 1080. The van der Waals surface area contributed by atoms with Crippen molar-refractivity contribution < 1.29 is 22.7 Å². The zero-order valence-electron chi connectivity index (χ0n) is 16.9. The van der Waals surface area contributed by atoms with Crippen LogP contribution in [0.15, 0.2) is 47.4 Å². The molecule has 3 rings (SSSR count). The number of amides is 2. The maximum atomic E-state index is 13.3. The number of hydrogen-bond acceptors (Lipinski definition) is 5. The van der Waals surface area contributed by atoms with Crippen LogP contribution in [-0.2, 0) is 21.2 Å². The summed E-state index contributed by atoms with van der Waals surface area (Å²) in [7, 11) is -2.87. The smallest absolute Gasteiger partial charge is 0.274 e. The van der Waals surface area contributed by atoms with Gasteiger partial charge in [0.05, 0.1) is 19.2 Å². The summed E-state index contributed by atoms with van der Waals surface area (Å²) >= 11 is 0. The van der Waals surface area contributed by atoms with Crippen LogP contribution in [0.5, 0.6) is 5.75 Å². The van der Waals surface area contributed by atoms with E-state index in [0.29, 0.717) is 11.3 Å². The molecule has 1 heterocycles. The summed E-state index contributed by atoms with van der Waals surface area (Å²) in [6, 6.07) is 10.9. The van der Waals surface area contributed by atoms with Crippen molar-refractivity contribution in [3.8, 4) is 5.75 Å². The van der Waals surface area contributed by atoms with Gasteiger partial charge in [0.1, 0.15) is 10.6 Å². The van der Waals surface area contributed by atoms with Crippen LogP contribution in [0.4, 0.5) is 5.69 Å². The molecule has 0 fully saturated rings. The third-order valence-corrected chi connectivity index (χ3v) is 6.83. The Morgan fingerprint density at radius 1 is 1.21 bits per heavy atom. The number of benzene rings is 2. The lowest BCUT2D eigenvalue weighted by atomic mass is 10.0. The molecule has 2 amide bonds. The fourth-order valence-corrected chi connectivity index (χ4v) is 4.68. The van der Waals surface area contributed by atoms with Gasteiger partial charge in [0.15, 0.2) is 0 Å². The third kappa shape index (κ3) is 3.85. The number of ether oxygens (including phenoxy) is 1. The monoisotopic (exact) mass is 416 g/mol. The van der Waals surface area contributed by atoms with E-state index >= 15 is 0 Å². The molecular formula is C21H24N2O5S. The van der Waals surface area contributed by atoms with Gasteiger partial charge in [0, 0.05) is 11.1 Å². The van der Waals surface area contributed by atoms with Crippen LogP contribution < -0.4 is 14.4 Å². The normalized spacial score (nSPS) is 13.9. The minimum absolute atomic E-state index is 0.00383. The second kappa shape index (κ2) is 7.51. The number of nitrogens with zero attached hydrogens (tertiary/aromatic N) is 1. The van der Waals surface area contributed by atoms with Gasteiger partial charge >= 0.3 is 0 Å². The number of anilines is 1. The average molecular weight is 416 g/mol. The first-order valence-corrected chi connectivity index (χ1v) is 10.7. The molecule has 1 aliphatic rings. The Morgan fingerprint density at radius 3 is 2.55 bits per heavy atom. The largest absolute Gasteiger partial charge is 0.495 e. The Hall–Kier alpha value is -2.87. The molecule has 2 aromatic rings. The minimum atomic E-state index is -4.20. The van der Waals surface area contributed by atoms with E-state index in [9.17, 15) is 18.0 Å². The molecule has 154 valence electrons. The molecule has 0 saturated heterocycles. The number of nitrogens with one attached hydrogen (secondary N) is 1. The van der Waals surface area contributed by atoms with E-state index in [4.69, 9.17) is 4.74 Å². The summed E-state index contributed by atoms with van der Waals surface area (Å²) in [5, 5.41) is 2.90. The third-order valence-electron chi connectivity index (χ3n) is 5.06. The van der Waals surface area contributed by atoms with Crippen molar-refractivity contribution in [3.63, 3.8) is 0 Å². The van der Waals surface area contributed by atoms with Crippen molar-refractivity contribution in [2.75, 3.05) is 11.4 Å². The molecule has 0 spiro atoms. The maximum Gasteiger partial charge on any atom is 0.274 e. The van der Waals surface area contributed by atoms with Crippen LogP contribution in [0.1, 0.15) is 43.1 Å². The predicted molar refractivity (Wildman–Crippen MR) is 110 cm³/mol. The van der Waals surface area contributed by atoms with Gasteiger partial charge < -0.3 is 10.1 Å². The molecule has 2 aromatic carbocycles. The van der Waals surface area contributed by atoms with E-state index in [1.807, 2.05) is 20.8 Å². The van der Waals surface area contributed by atoms with Gasteiger partial charge in [0.25, 0.3) is 15.9 Å². The van der Waals surface area contributed by atoms with Gasteiger partial charge in [-0.2, -0.15) is 0 Å². The van der Waals surface area contributed by atoms with Crippen molar-refractivity contribution in [2.45, 2.75) is 44.0 Å². The van der Waals surface area contributed by atoms with Crippen LogP contribution in [0.2, 0.25) is 0 Å². The lowest BCUT2D eigenvalue weighted by molar-refractivity contribution is -0.116. The summed E-state index contributed by atoms with van der Waals surface area (Å²) in [4.78, 5) is 24.8. The van der Waals surface area contributed by atoms with Crippen molar-refractivity contribution >= 4 is 27.5 Å². The summed E-state index contributed by atoms with van der Waals surface area (Å²) < 4.78 is 32.6. The van der Waals surface area contributed by atoms with Crippen LogP contribution in [0.3, 0.4) is 0 Å². The molecule has 1 N–H and O–H groups in total. The molecule has 7 nitrogen and oxygen atoms in total. The number of hydrogen-bond donors (Lipinski definition) is 1. The molecule has 0 aromatic heterocycles. The number of para-hydroxylation sites is 1. The van der Waals surface area contributed by atoms with Crippen LogP contribution in [0.25, 0.3) is 0 Å². The predicted octanol–water partition coefficient (Wildman–Crippen LogP) is 2.89. The Morgan fingerprint density at radius 2 is 1.90 bits per heavy atom. The van der Waals surface area contributed by atoms with Crippen molar-refractivity contribution in [1.82, 2.24) is 5.32 Å². The second-order valence-corrected chi connectivity index (χ2v) is 9.28. The van der Waals surface area contributed by atoms with Crippen molar-refractivity contribution in [3.05, 3.63) is 53.6 Å². The van der Waals surface area contributed by atoms with Crippen LogP contribution in [-0.4, -0.2) is 32.9 Å². The minimum Gasteiger partial charge on any atom is -0.495 e. The highest BCUT2D eigenvalue weighted by Gasteiger charge is 2.39. The summed E-state index contributed by atoms with van der Waals surface area (Å²) in [6.45, 7) is 5.76. The van der Waals surface area contributed by atoms with Gasteiger partial charge in [-0.15, -0.1) is 0 Å². The van der Waals surface area contributed by atoms with E-state index in [1.54, 1.807) is 24.3 Å². The highest BCUT2D eigenvalue weighted by atomic mass is 32.2. The fraction of sp³-hybridized carbons (Fsp3) is 0.333. The van der Waals surface area contributed by atoms with Gasteiger partial charge in [-0.25, -0.2) is 12.7 Å². The number of carbonyl (C=O) groups is 2. The van der Waals surface area contributed by atoms with Crippen molar-refractivity contribution in [2.24, 2.45) is 0 Å². The second-order valence-electron chi connectivity index (χ2n) is 7.53.